The van der Waals surface area contributed by atoms with Gasteiger partial charge in [0.25, 0.3) is 5.91 Å². The highest BCUT2D eigenvalue weighted by atomic mass is 32.1. The fraction of sp³-hybridized carbons (Fsp3) is 0.286. The molecule has 2 rings (SSSR count). The number of nitrogens with zero attached hydrogens (tertiary/aromatic N) is 1. The maximum atomic E-state index is 11.8. The molecule has 0 aliphatic heterocycles. The molecule has 0 aliphatic carbocycles. The Morgan fingerprint density at radius 2 is 2.32 bits per heavy atom. The third-order valence-electron chi connectivity index (χ3n) is 2.80. The molecule has 4 nitrogen and oxygen atoms in total. The van der Waals surface area contributed by atoms with Crippen LogP contribution in [0.5, 0.6) is 0 Å². The lowest BCUT2D eigenvalue weighted by atomic mass is 10.1. The number of hydrogen-bond donors (Lipinski definition) is 2. The van der Waals surface area contributed by atoms with Gasteiger partial charge in [0.1, 0.15) is 0 Å². The minimum Gasteiger partial charge on any atom is -0.396 e. The van der Waals surface area contributed by atoms with Gasteiger partial charge in [-0.3, -0.25) is 9.78 Å². The molecule has 19 heavy (non-hydrogen) atoms. The number of amides is 1. The molecule has 0 aliphatic rings. The third kappa shape index (κ3) is 4.15. The van der Waals surface area contributed by atoms with Gasteiger partial charge in [0.15, 0.2) is 0 Å². The molecule has 0 fully saturated rings. The lowest BCUT2D eigenvalue weighted by molar-refractivity contribution is 0.0939. The molecule has 2 aromatic heterocycles. The van der Waals surface area contributed by atoms with Crippen LogP contribution in [0.1, 0.15) is 15.2 Å². The normalized spacial score (nSPS) is 12.1. The first kappa shape index (κ1) is 13.7. The smallest absolute Gasteiger partial charge is 0.252 e. The van der Waals surface area contributed by atoms with Gasteiger partial charge in [0.05, 0.1) is 5.56 Å². The Morgan fingerprint density at radius 3 is 2.95 bits per heavy atom. The monoisotopic (exact) mass is 276 g/mol. The molecule has 2 heterocycles. The number of pyridine rings is 1. The first-order valence-corrected chi connectivity index (χ1v) is 6.99. The Bertz CT molecular complexity index is 499. The van der Waals surface area contributed by atoms with Crippen molar-refractivity contribution in [3.05, 3.63) is 52.5 Å². The van der Waals surface area contributed by atoms with Gasteiger partial charge in [0.2, 0.25) is 0 Å². The molecule has 5 heteroatoms. The molecular weight excluding hydrogens is 260 g/mol. The van der Waals surface area contributed by atoms with Crippen LogP contribution in [0.3, 0.4) is 0 Å². The summed E-state index contributed by atoms with van der Waals surface area (Å²) in [5.74, 6) is -0.114. The Labute approximate surface area is 116 Å². The molecule has 0 saturated heterocycles. The Balaban J connectivity index is 1.84. The van der Waals surface area contributed by atoms with Gasteiger partial charge >= 0.3 is 0 Å². The van der Waals surface area contributed by atoms with Crippen LogP contribution in [0.25, 0.3) is 0 Å². The number of thiophene rings is 1. The van der Waals surface area contributed by atoms with E-state index in [2.05, 4.69) is 10.3 Å². The zero-order valence-corrected chi connectivity index (χ0v) is 11.3. The molecule has 1 amide bonds. The Morgan fingerprint density at radius 1 is 1.42 bits per heavy atom. The van der Waals surface area contributed by atoms with E-state index >= 15 is 0 Å². The van der Waals surface area contributed by atoms with E-state index in [1.54, 1.807) is 29.7 Å². The first-order chi connectivity index (χ1) is 9.29. The van der Waals surface area contributed by atoms with Crippen molar-refractivity contribution in [3.63, 3.8) is 0 Å². The lowest BCUT2D eigenvalue weighted by Gasteiger charge is -2.14. The van der Waals surface area contributed by atoms with Crippen LogP contribution in [-0.2, 0) is 6.42 Å². The maximum absolute atomic E-state index is 11.8. The zero-order chi connectivity index (χ0) is 13.5. The van der Waals surface area contributed by atoms with Crippen LogP contribution in [0.15, 0.2) is 42.0 Å². The van der Waals surface area contributed by atoms with Crippen LogP contribution in [0.4, 0.5) is 0 Å². The standard InChI is InChI=1S/C14H16N2O2S/c17-10-11(7-13-4-2-6-19-13)8-16-14(18)12-3-1-5-15-9-12/h1-6,9,11,17H,7-8,10H2,(H,16,18). The van der Waals surface area contributed by atoms with Crippen molar-refractivity contribution in [3.8, 4) is 0 Å². The number of aromatic nitrogens is 1. The molecule has 100 valence electrons. The van der Waals surface area contributed by atoms with Gasteiger partial charge in [-0.05, 0) is 30.0 Å². The molecule has 0 radical (unpaired) electrons. The number of carbonyl (C=O) groups excluding carboxylic acids is 1. The summed E-state index contributed by atoms with van der Waals surface area (Å²) in [5.41, 5.74) is 0.537. The van der Waals surface area contributed by atoms with Crippen LogP contribution in [0, 0.1) is 5.92 Å². The van der Waals surface area contributed by atoms with E-state index in [-0.39, 0.29) is 18.4 Å². The van der Waals surface area contributed by atoms with Crippen LogP contribution >= 0.6 is 11.3 Å². The van der Waals surface area contributed by atoms with Crippen LogP contribution in [0.2, 0.25) is 0 Å². The highest BCUT2D eigenvalue weighted by Crippen LogP contribution is 2.14. The molecule has 0 bridgehead atoms. The van der Waals surface area contributed by atoms with E-state index in [9.17, 15) is 9.90 Å². The summed E-state index contributed by atoms with van der Waals surface area (Å²) in [5, 5.41) is 14.2. The molecule has 1 unspecified atom stereocenters. The zero-order valence-electron chi connectivity index (χ0n) is 10.5. The molecule has 2 aromatic rings. The summed E-state index contributed by atoms with van der Waals surface area (Å²) in [6, 6.07) is 7.47. The van der Waals surface area contributed by atoms with Crippen molar-refractivity contribution in [1.82, 2.24) is 10.3 Å². The summed E-state index contributed by atoms with van der Waals surface area (Å²) in [7, 11) is 0. The molecular formula is C14H16N2O2S. The van der Waals surface area contributed by atoms with Crippen molar-refractivity contribution in [2.24, 2.45) is 5.92 Å². The van der Waals surface area contributed by atoms with Gasteiger partial charge in [-0.2, -0.15) is 0 Å². The topological polar surface area (TPSA) is 62.2 Å². The number of nitrogens with one attached hydrogen (secondary N) is 1. The highest BCUT2D eigenvalue weighted by Gasteiger charge is 2.12. The second-order valence-corrected chi connectivity index (χ2v) is 5.32. The van der Waals surface area contributed by atoms with E-state index in [4.69, 9.17) is 0 Å². The number of hydrogen-bond acceptors (Lipinski definition) is 4. The molecule has 0 saturated carbocycles. The Hall–Kier alpha value is -1.72. The second kappa shape index (κ2) is 7.01. The van der Waals surface area contributed by atoms with E-state index in [0.29, 0.717) is 12.1 Å². The van der Waals surface area contributed by atoms with Crippen LogP contribution in [-0.4, -0.2) is 29.1 Å². The second-order valence-electron chi connectivity index (χ2n) is 4.28. The largest absolute Gasteiger partial charge is 0.396 e. The molecule has 0 aromatic carbocycles. The first-order valence-electron chi connectivity index (χ1n) is 6.11. The average Bonchev–Trinajstić information content (AvgIpc) is 2.97. The summed E-state index contributed by atoms with van der Waals surface area (Å²) >= 11 is 1.66. The highest BCUT2D eigenvalue weighted by molar-refractivity contribution is 7.09. The maximum Gasteiger partial charge on any atom is 0.252 e. The van der Waals surface area contributed by atoms with Crippen LogP contribution < -0.4 is 5.32 Å². The van der Waals surface area contributed by atoms with Crippen molar-refractivity contribution < 1.29 is 9.90 Å². The van der Waals surface area contributed by atoms with Gasteiger partial charge in [0, 0.05) is 36.3 Å². The Kier molecular flexibility index (Phi) is 5.06. The van der Waals surface area contributed by atoms with E-state index in [1.165, 1.54) is 11.1 Å². The summed E-state index contributed by atoms with van der Waals surface area (Å²) in [6.07, 6.45) is 3.94. The van der Waals surface area contributed by atoms with Gasteiger partial charge in [-0.25, -0.2) is 0 Å². The summed E-state index contributed by atoms with van der Waals surface area (Å²) in [6.45, 7) is 0.521. The third-order valence-corrected chi connectivity index (χ3v) is 3.70. The van der Waals surface area contributed by atoms with Gasteiger partial charge < -0.3 is 10.4 Å². The predicted molar refractivity (Wildman–Crippen MR) is 75.2 cm³/mol. The van der Waals surface area contributed by atoms with E-state index < -0.39 is 0 Å². The fourth-order valence-corrected chi connectivity index (χ4v) is 2.57. The summed E-state index contributed by atoms with van der Waals surface area (Å²) in [4.78, 5) is 17.0. The van der Waals surface area contributed by atoms with Crippen molar-refractivity contribution in [2.45, 2.75) is 6.42 Å². The minimum absolute atomic E-state index is 0.0410. The van der Waals surface area contributed by atoms with Crippen molar-refractivity contribution in [1.29, 1.82) is 0 Å². The fourth-order valence-electron chi connectivity index (χ4n) is 1.75. The van der Waals surface area contributed by atoms with Crippen molar-refractivity contribution in [2.75, 3.05) is 13.2 Å². The van der Waals surface area contributed by atoms with E-state index in [1.807, 2.05) is 17.5 Å². The molecule has 0 spiro atoms. The number of rotatable bonds is 6. The van der Waals surface area contributed by atoms with E-state index in [0.717, 1.165) is 6.42 Å². The minimum atomic E-state index is -0.155. The lowest BCUT2D eigenvalue weighted by Crippen LogP contribution is -2.31. The average molecular weight is 276 g/mol. The number of aliphatic hydroxyl groups excluding tert-OH is 1. The summed E-state index contributed by atoms with van der Waals surface area (Å²) < 4.78 is 0. The molecule has 1 atom stereocenters. The SMILES string of the molecule is O=C(NCC(CO)Cc1cccs1)c1cccnc1. The number of aliphatic hydroxyl groups is 1. The quantitative estimate of drug-likeness (QED) is 0.844. The number of carbonyl (C=O) groups is 1. The van der Waals surface area contributed by atoms with Crippen molar-refractivity contribution >= 4 is 17.2 Å². The van der Waals surface area contributed by atoms with Gasteiger partial charge in [-0.15, -0.1) is 11.3 Å². The molecule has 2 N–H and O–H groups in total. The predicted octanol–water partition coefficient (Wildman–Crippen LogP) is 1.72. The van der Waals surface area contributed by atoms with Gasteiger partial charge in [-0.1, -0.05) is 6.07 Å².